The first-order valence-electron chi connectivity index (χ1n) is 6.42. The molecule has 0 bridgehead atoms. The molecule has 0 atom stereocenters. The fourth-order valence-corrected chi connectivity index (χ4v) is 2.86. The van der Waals surface area contributed by atoms with Crippen LogP contribution in [0.3, 0.4) is 0 Å². The number of anilines is 1. The topological polar surface area (TPSA) is 61.0 Å². The van der Waals surface area contributed by atoms with Gasteiger partial charge in [-0.3, -0.25) is 0 Å². The highest BCUT2D eigenvalue weighted by atomic mass is 127. The molecule has 2 rings (SSSR count). The Morgan fingerprint density at radius 2 is 1.94 bits per heavy atom. The number of nitrogen functional groups attached to an aromatic ring is 1. The summed E-state index contributed by atoms with van der Waals surface area (Å²) in [5, 5.41) is 0. The first-order chi connectivity index (χ1) is 8.61. The molecule has 1 saturated carbocycles. The SMILES string of the molecule is COCc1nc(C2CCC(C)CC2)nc(N)c1I. The second kappa shape index (κ2) is 6.14. The van der Waals surface area contributed by atoms with Crippen molar-refractivity contribution in [3.63, 3.8) is 0 Å². The van der Waals surface area contributed by atoms with Crippen LogP contribution in [0.4, 0.5) is 5.82 Å². The normalized spacial score (nSPS) is 24.2. The highest BCUT2D eigenvalue weighted by Gasteiger charge is 2.23. The molecule has 1 aliphatic carbocycles. The molecule has 2 N–H and O–H groups in total. The Kier molecular flexibility index (Phi) is 4.77. The third-order valence-corrected chi connectivity index (χ3v) is 4.80. The average Bonchev–Trinajstić information content (AvgIpc) is 2.36. The predicted molar refractivity (Wildman–Crippen MR) is 80.2 cm³/mol. The average molecular weight is 361 g/mol. The number of aromatic nitrogens is 2. The zero-order valence-electron chi connectivity index (χ0n) is 10.9. The van der Waals surface area contributed by atoms with Gasteiger partial charge in [0.2, 0.25) is 0 Å². The molecule has 4 nitrogen and oxygen atoms in total. The van der Waals surface area contributed by atoms with Crippen molar-refractivity contribution in [3.8, 4) is 0 Å². The van der Waals surface area contributed by atoms with E-state index >= 15 is 0 Å². The summed E-state index contributed by atoms with van der Waals surface area (Å²) in [4.78, 5) is 9.12. The van der Waals surface area contributed by atoms with Crippen LogP contribution in [0.1, 0.15) is 50.0 Å². The molecule has 1 aliphatic rings. The number of halogens is 1. The molecule has 1 aromatic rings. The number of nitrogens with zero attached hydrogens (tertiary/aromatic N) is 2. The molecule has 5 heteroatoms. The van der Waals surface area contributed by atoms with Crippen LogP contribution in [-0.2, 0) is 11.3 Å². The molecule has 100 valence electrons. The fourth-order valence-electron chi connectivity index (χ4n) is 2.47. The van der Waals surface area contributed by atoms with Crippen molar-refractivity contribution in [1.82, 2.24) is 9.97 Å². The summed E-state index contributed by atoms with van der Waals surface area (Å²) in [7, 11) is 1.68. The van der Waals surface area contributed by atoms with E-state index < -0.39 is 0 Å². The third kappa shape index (κ3) is 3.12. The lowest BCUT2D eigenvalue weighted by Gasteiger charge is -2.25. The third-order valence-electron chi connectivity index (χ3n) is 3.62. The molecule has 0 unspecified atom stereocenters. The van der Waals surface area contributed by atoms with Crippen LogP contribution in [0.2, 0.25) is 0 Å². The molecule has 0 amide bonds. The second-order valence-corrected chi connectivity index (χ2v) is 6.20. The lowest BCUT2D eigenvalue weighted by Crippen LogP contribution is -2.16. The maximum atomic E-state index is 5.97. The van der Waals surface area contributed by atoms with Gasteiger partial charge in [0.05, 0.1) is 15.9 Å². The van der Waals surface area contributed by atoms with Crippen molar-refractivity contribution >= 4 is 28.4 Å². The van der Waals surface area contributed by atoms with E-state index in [1.54, 1.807) is 7.11 Å². The highest BCUT2D eigenvalue weighted by molar-refractivity contribution is 14.1. The Hall–Kier alpha value is -0.430. The van der Waals surface area contributed by atoms with Crippen molar-refractivity contribution in [1.29, 1.82) is 0 Å². The summed E-state index contributed by atoms with van der Waals surface area (Å²) in [6.07, 6.45) is 4.88. The van der Waals surface area contributed by atoms with Crippen LogP contribution < -0.4 is 5.73 Å². The summed E-state index contributed by atoms with van der Waals surface area (Å²) < 4.78 is 6.09. The number of hydrogen-bond acceptors (Lipinski definition) is 4. The Labute approximate surface area is 122 Å². The van der Waals surface area contributed by atoms with Gasteiger partial charge in [-0.05, 0) is 41.4 Å². The molecular weight excluding hydrogens is 341 g/mol. The zero-order valence-corrected chi connectivity index (χ0v) is 13.1. The van der Waals surface area contributed by atoms with Crippen LogP contribution in [0, 0.1) is 9.49 Å². The number of nitrogens with two attached hydrogens (primary N) is 1. The van der Waals surface area contributed by atoms with Crippen LogP contribution in [0.15, 0.2) is 0 Å². The monoisotopic (exact) mass is 361 g/mol. The molecule has 0 radical (unpaired) electrons. The number of hydrogen-bond donors (Lipinski definition) is 1. The fraction of sp³-hybridized carbons (Fsp3) is 0.692. The standard InChI is InChI=1S/C13H20IN3O/c1-8-3-5-9(6-4-8)13-16-10(7-18-2)11(14)12(15)17-13/h8-9H,3-7H2,1-2H3,(H2,15,16,17). The Morgan fingerprint density at radius 3 is 2.56 bits per heavy atom. The van der Waals surface area contributed by atoms with Gasteiger partial charge in [-0.1, -0.05) is 19.8 Å². The van der Waals surface area contributed by atoms with E-state index in [1.165, 1.54) is 25.7 Å². The van der Waals surface area contributed by atoms with Gasteiger partial charge in [-0.15, -0.1) is 0 Å². The maximum absolute atomic E-state index is 5.97. The first-order valence-corrected chi connectivity index (χ1v) is 7.50. The van der Waals surface area contributed by atoms with Crippen LogP contribution in [-0.4, -0.2) is 17.1 Å². The van der Waals surface area contributed by atoms with Gasteiger partial charge < -0.3 is 10.5 Å². The molecule has 18 heavy (non-hydrogen) atoms. The molecule has 0 aromatic carbocycles. The van der Waals surface area contributed by atoms with Gasteiger partial charge in [-0.25, -0.2) is 9.97 Å². The minimum atomic E-state index is 0.469. The van der Waals surface area contributed by atoms with Crippen LogP contribution >= 0.6 is 22.6 Å². The highest BCUT2D eigenvalue weighted by Crippen LogP contribution is 2.34. The molecular formula is C13H20IN3O. The summed E-state index contributed by atoms with van der Waals surface area (Å²) in [6, 6.07) is 0. The van der Waals surface area contributed by atoms with Crippen molar-refractivity contribution in [2.24, 2.45) is 5.92 Å². The Bertz CT molecular complexity index is 417. The first kappa shape index (κ1) is 14.0. The van der Waals surface area contributed by atoms with E-state index in [-0.39, 0.29) is 0 Å². The second-order valence-electron chi connectivity index (χ2n) is 5.12. The number of rotatable bonds is 3. The van der Waals surface area contributed by atoms with Gasteiger partial charge in [-0.2, -0.15) is 0 Å². The summed E-state index contributed by atoms with van der Waals surface area (Å²) in [6.45, 7) is 2.82. The maximum Gasteiger partial charge on any atom is 0.141 e. The molecule has 1 aromatic heterocycles. The molecule has 0 aliphatic heterocycles. The number of methoxy groups -OCH3 is 1. The summed E-state index contributed by atoms with van der Waals surface area (Å²) >= 11 is 2.19. The molecule has 1 heterocycles. The minimum Gasteiger partial charge on any atom is -0.383 e. The van der Waals surface area contributed by atoms with E-state index in [2.05, 4.69) is 39.5 Å². The van der Waals surface area contributed by atoms with E-state index in [9.17, 15) is 0 Å². The van der Waals surface area contributed by atoms with Crippen molar-refractivity contribution in [2.75, 3.05) is 12.8 Å². The minimum absolute atomic E-state index is 0.469. The van der Waals surface area contributed by atoms with Crippen molar-refractivity contribution in [2.45, 2.75) is 45.1 Å². The van der Waals surface area contributed by atoms with Crippen molar-refractivity contribution < 1.29 is 4.74 Å². The van der Waals surface area contributed by atoms with E-state index in [0.29, 0.717) is 18.3 Å². The van der Waals surface area contributed by atoms with E-state index in [1.807, 2.05) is 0 Å². The Morgan fingerprint density at radius 1 is 1.28 bits per heavy atom. The summed E-state index contributed by atoms with van der Waals surface area (Å²) in [5.74, 6) is 2.80. The molecule has 0 saturated heterocycles. The molecule has 1 fully saturated rings. The zero-order chi connectivity index (χ0) is 13.1. The smallest absolute Gasteiger partial charge is 0.141 e. The quantitative estimate of drug-likeness (QED) is 0.841. The largest absolute Gasteiger partial charge is 0.383 e. The van der Waals surface area contributed by atoms with Gasteiger partial charge >= 0.3 is 0 Å². The van der Waals surface area contributed by atoms with Crippen LogP contribution in [0.5, 0.6) is 0 Å². The van der Waals surface area contributed by atoms with E-state index in [0.717, 1.165) is 21.0 Å². The van der Waals surface area contributed by atoms with Gasteiger partial charge in [0, 0.05) is 13.0 Å². The lowest BCUT2D eigenvalue weighted by molar-refractivity contribution is 0.180. The molecule has 0 spiro atoms. The van der Waals surface area contributed by atoms with Crippen LogP contribution in [0.25, 0.3) is 0 Å². The van der Waals surface area contributed by atoms with E-state index in [4.69, 9.17) is 10.5 Å². The van der Waals surface area contributed by atoms with Gasteiger partial charge in [0.15, 0.2) is 0 Å². The summed E-state index contributed by atoms with van der Waals surface area (Å²) in [5.41, 5.74) is 6.89. The predicted octanol–water partition coefficient (Wildman–Crippen LogP) is 3.10. The Balaban J connectivity index is 2.22. The van der Waals surface area contributed by atoms with Gasteiger partial charge in [0.1, 0.15) is 11.6 Å². The van der Waals surface area contributed by atoms with Crippen molar-refractivity contribution in [3.05, 3.63) is 15.1 Å². The number of ether oxygens (including phenoxy) is 1. The lowest BCUT2D eigenvalue weighted by atomic mass is 9.82. The van der Waals surface area contributed by atoms with Gasteiger partial charge in [0.25, 0.3) is 0 Å².